The highest BCUT2D eigenvalue weighted by Gasteiger charge is 2.50. The lowest BCUT2D eigenvalue weighted by molar-refractivity contribution is -0.360. The Kier molecular flexibility index (Phi) is 12.7. The van der Waals surface area contributed by atoms with Crippen LogP contribution >= 0.6 is 11.8 Å². The molecule has 2 saturated heterocycles. The van der Waals surface area contributed by atoms with Crippen LogP contribution in [0.15, 0.2) is 0 Å². The minimum atomic E-state index is -1.71. The van der Waals surface area contributed by atoms with Crippen molar-refractivity contribution in [1.29, 1.82) is 0 Å². The maximum absolute atomic E-state index is 10.6. The summed E-state index contributed by atoms with van der Waals surface area (Å²) in [6, 6.07) is 0. The summed E-state index contributed by atoms with van der Waals surface area (Å²) in [5, 5.41) is 70.2. The summed E-state index contributed by atoms with van der Waals surface area (Å²) in [6.45, 7) is 3.22. The molecule has 2 rings (SSSR count). The van der Waals surface area contributed by atoms with Crippen LogP contribution in [0.5, 0.6) is 0 Å². The summed E-state index contributed by atoms with van der Waals surface area (Å²) in [7, 11) is 0. The van der Waals surface area contributed by atoms with Crippen LogP contribution in [0.25, 0.3) is 0 Å². The largest absolute Gasteiger partial charge is 0.394 e. The van der Waals surface area contributed by atoms with Gasteiger partial charge in [0.2, 0.25) is 0 Å². The maximum Gasteiger partial charge on any atom is 0.187 e. The SMILES string of the molecule is CCOC(CCSCC)CO[C@@H]1OC(CO)[C@@H](O[C@@H]2OC(CO)[C@H](O)[C@H](O)C2O)[C@H](O)C1O. The van der Waals surface area contributed by atoms with E-state index in [9.17, 15) is 35.7 Å². The second-order valence-corrected chi connectivity index (χ2v) is 9.29. The van der Waals surface area contributed by atoms with Gasteiger partial charge in [-0.1, -0.05) is 6.92 Å². The highest BCUT2D eigenvalue weighted by atomic mass is 32.2. The highest BCUT2D eigenvalue weighted by molar-refractivity contribution is 7.99. The first-order valence-electron chi connectivity index (χ1n) is 11.2. The third-order valence-electron chi connectivity index (χ3n) is 5.60. The molecule has 2 fully saturated rings. The third kappa shape index (κ3) is 7.67. The summed E-state index contributed by atoms with van der Waals surface area (Å²) in [6.07, 6.45) is -14.2. The molecule has 5 unspecified atom stereocenters. The zero-order valence-electron chi connectivity index (χ0n) is 18.9. The predicted octanol–water partition coefficient (Wildman–Crippen LogP) is -2.82. The second kappa shape index (κ2) is 14.4. The van der Waals surface area contributed by atoms with Crippen molar-refractivity contribution >= 4 is 11.8 Å². The molecule has 13 heteroatoms. The molecular formula is C20H38O12S. The molecule has 2 aliphatic heterocycles. The zero-order chi connectivity index (χ0) is 24.5. The quantitative estimate of drug-likeness (QED) is 0.128. The van der Waals surface area contributed by atoms with Crippen LogP contribution in [0.1, 0.15) is 20.3 Å². The third-order valence-corrected chi connectivity index (χ3v) is 6.53. The first-order chi connectivity index (χ1) is 15.8. The van der Waals surface area contributed by atoms with Gasteiger partial charge in [0, 0.05) is 6.61 Å². The fraction of sp³-hybridized carbons (Fsp3) is 1.00. The Morgan fingerprint density at radius 3 is 2.06 bits per heavy atom. The number of hydrogen-bond acceptors (Lipinski definition) is 13. The normalized spacial score (nSPS) is 40.6. The number of thioether (sulfide) groups is 1. The molecule has 0 spiro atoms. The zero-order valence-corrected chi connectivity index (χ0v) is 19.7. The number of aliphatic hydroxyl groups is 7. The van der Waals surface area contributed by atoms with Crippen molar-refractivity contribution in [2.24, 2.45) is 0 Å². The molecule has 0 bridgehead atoms. The molecule has 0 saturated carbocycles. The Labute approximate surface area is 197 Å². The van der Waals surface area contributed by atoms with Gasteiger partial charge < -0.3 is 59.4 Å². The van der Waals surface area contributed by atoms with Gasteiger partial charge in [0.05, 0.1) is 25.9 Å². The molecule has 0 radical (unpaired) electrons. The van der Waals surface area contributed by atoms with E-state index < -0.39 is 74.6 Å². The molecule has 0 aromatic carbocycles. The van der Waals surface area contributed by atoms with Gasteiger partial charge in [-0.15, -0.1) is 0 Å². The van der Waals surface area contributed by atoms with Crippen LogP contribution in [0.3, 0.4) is 0 Å². The van der Waals surface area contributed by atoms with Crippen molar-refractivity contribution in [2.45, 2.75) is 87.8 Å². The van der Waals surface area contributed by atoms with E-state index in [1.54, 1.807) is 11.8 Å². The van der Waals surface area contributed by atoms with Crippen LogP contribution in [0, 0.1) is 0 Å². The summed E-state index contributed by atoms with van der Waals surface area (Å²) in [5.74, 6) is 1.85. The molecule has 0 amide bonds. The van der Waals surface area contributed by atoms with Crippen molar-refractivity contribution in [3.05, 3.63) is 0 Å². The summed E-state index contributed by atoms with van der Waals surface area (Å²) in [5.41, 5.74) is 0. The van der Waals surface area contributed by atoms with Crippen molar-refractivity contribution in [1.82, 2.24) is 0 Å². The molecule has 7 N–H and O–H groups in total. The van der Waals surface area contributed by atoms with Crippen molar-refractivity contribution < 1.29 is 59.4 Å². The van der Waals surface area contributed by atoms with Gasteiger partial charge in [0.25, 0.3) is 0 Å². The van der Waals surface area contributed by atoms with Gasteiger partial charge in [-0.25, -0.2) is 0 Å². The topological polar surface area (TPSA) is 188 Å². The number of aliphatic hydroxyl groups excluding tert-OH is 7. The molecule has 2 heterocycles. The van der Waals surface area contributed by atoms with E-state index >= 15 is 0 Å². The average Bonchev–Trinajstić information content (AvgIpc) is 2.81. The van der Waals surface area contributed by atoms with Crippen molar-refractivity contribution in [2.75, 3.05) is 37.9 Å². The number of ether oxygens (including phenoxy) is 5. The van der Waals surface area contributed by atoms with Crippen LogP contribution in [-0.2, 0) is 23.7 Å². The molecule has 196 valence electrons. The molecule has 0 aliphatic carbocycles. The standard InChI is InChI=1S/C20H38O12S/c1-3-28-10(5-6-33-4-2)9-29-19-17(27)15(25)18(12(8-22)31-19)32-20-16(26)14(24)13(23)11(7-21)30-20/h10-27H,3-9H2,1-2H3/t10?,11?,12?,13-,14-,15+,16?,17?,18+,19+,20-/m0/s1. The minimum absolute atomic E-state index is 0.100. The molecule has 0 aromatic heterocycles. The molecule has 33 heavy (non-hydrogen) atoms. The molecule has 2 aliphatic rings. The van der Waals surface area contributed by atoms with E-state index in [2.05, 4.69) is 6.92 Å². The van der Waals surface area contributed by atoms with Crippen molar-refractivity contribution in [3.63, 3.8) is 0 Å². The molecule has 11 atom stereocenters. The Balaban J connectivity index is 2.00. The summed E-state index contributed by atoms with van der Waals surface area (Å²) < 4.78 is 27.7. The maximum atomic E-state index is 10.6. The lowest BCUT2D eigenvalue weighted by atomic mass is 9.97. The number of hydrogen-bond donors (Lipinski definition) is 7. The van der Waals surface area contributed by atoms with Gasteiger partial charge in [0.15, 0.2) is 12.6 Å². The average molecular weight is 503 g/mol. The van der Waals surface area contributed by atoms with Gasteiger partial charge in [0.1, 0.15) is 48.8 Å². The van der Waals surface area contributed by atoms with E-state index in [0.717, 1.165) is 17.9 Å². The predicted molar refractivity (Wildman–Crippen MR) is 115 cm³/mol. The van der Waals surface area contributed by atoms with E-state index in [1.807, 2.05) is 6.92 Å². The fourth-order valence-corrected chi connectivity index (χ4v) is 4.42. The summed E-state index contributed by atoms with van der Waals surface area (Å²) in [4.78, 5) is 0. The molecule has 12 nitrogen and oxygen atoms in total. The van der Waals surface area contributed by atoms with Gasteiger partial charge in [-0.05, 0) is 24.9 Å². The fourth-order valence-electron chi connectivity index (χ4n) is 3.70. The minimum Gasteiger partial charge on any atom is -0.394 e. The summed E-state index contributed by atoms with van der Waals surface area (Å²) >= 11 is 1.76. The van der Waals surface area contributed by atoms with E-state index in [-0.39, 0.29) is 12.7 Å². The number of rotatable bonds is 13. The van der Waals surface area contributed by atoms with E-state index in [0.29, 0.717) is 6.61 Å². The van der Waals surface area contributed by atoms with Crippen LogP contribution in [0.4, 0.5) is 0 Å². The Morgan fingerprint density at radius 2 is 1.45 bits per heavy atom. The Morgan fingerprint density at radius 1 is 0.818 bits per heavy atom. The smallest absolute Gasteiger partial charge is 0.187 e. The Hall–Kier alpha value is -0.130. The molecule has 0 aromatic rings. The van der Waals surface area contributed by atoms with Gasteiger partial charge in [-0.3, -0.25) is 0 Å². The van der Waals surface area contributed by atoms with Crippen LogP contribution in [0.2, 0.25) is 0 Å². The highest BCUT2D eigenvalue weighted by Crippen LogP contribution is 2.29. The first-order valence-corrected chi connectivity index (χ1v) is 12.3. The van der Waals surface area contributed by atoms with Gasteiger partial charge in [-0.2, -0.15) is 11.8 Å². The second-order valence-electron chi connectivity index (χ2n) is 7.90. The van der Waals surface area contributed by atoms with E-state index in [4.69, 9.17) is 23.7 Å². The lowest BCUT2D eigenvalue weighted by Gasteiger charge is -2.46. The molecular weight excluding hydrogens is 464 g/mol. The van der Waals surface area contributed by atoms with Crippen LogP contribution < -0.4 is 0 Å². The van der Waals surface area contributed by atoms with E-state index in [1.165, 1.54) is 0 Å². The first kappa shape index (κ1) is 29.1. The van der Waals surface area contributed by atoms with Gasteiger partial charge >= 0.3 is 0 Å². The van der Waals surface area contributed by atoms with Crippen molar-refractivity contribution in [3.8, 4) is 0 Å². The Bertz CT molecular complexity index is 541. The van der Waals surface area contributed by atoms with Crippen LogP contribution in [-0.4, -0.2) is 141 Å². The lowest BCUT2D eigenvalue weighted by Crippen LogP contribution is -2.64. The monoisotopic (exact) mass is 502 g/mol.